The highest BCUT2D eigenvalue weighted by atomic mass is 79.9. The van der Waals surface area contributed by atoms with E-state index in [0.717, 1.165) is 0 Å². The lowest BCUT2D eigenvalue weighted by Gasteiger charge is -2.07. The van der Waals surface area contributed by atoms with Crippen LogP contribution in [0.25, 0.3) is 10.8 Å². The van der Waals surface area contributed by atoms with Crippen molar-refractivity contribution in [3.8, 4) is 0 Å². The van der Waals surface area contributed by atoms with E-state index in [1.54, 1.807) is 7.11 Å². The van der Waals surface area contributed by atoms with Crippen LogP contribution in [0, 0.1) is 0 Å². The number of halogens is 1. The molecule has 0 amide bonds. The molecular weight excluding hydrogens is 264 g/mol. The van der Waals surface area contributed by atoms with Crippen molar-refractivity contribution in [2.45, 2.75) is 18.4 Å². The summed E-state index contributed by atoms with van der Waals surface area (Å²) in [6.45, 7) is 2.81. The largest absolute Gasteiger partial charge is 0.380 e. The molecule has 1 atom stereocenters. The summed E-state index contributed by atoms with van der Waals surface area (Å²) in [7, 11) is 1.72. The van der Waals surface area contributed by atoms with Gasteiger partial charge in [-0.1, -0.05) is 46.3 Å². The van der Waals surface area contributed by atoms with E-state index in [0.29, 0.717) is 11.4 Å². The zero-order chi connectivity index (χ0) is 11.5. The first-order valence-electron chi connectivity index (χ1n) is 5.36. The van der Waals surface area contributed by atoms with Crippen molar-refractivity contribution >= 4 is 26.7 Å². The van der Waals surface area contributed by atoms with Crippen LogP contribution in [0.5, 0.6) is 0 Å². The second-order valence-electron chi connectivity index (χ2n) is 3.99. The van der Waals surface area contributed by atoms with Gasteiger partial charge >= 0.3 is 0 Å². The summed E-state index contributed by atoms with van der Waals surface area (Å²) in [6.07, 6.45) is 0. The van der Waals surface area contributed by atoms with Crippen LogP contribution in [0.1, 0.15) is 22.9 Å². The molecule has 0 spiro atoms. The molecule has 0 bridgehead atoms. The minimum atomic E-state index is 0.392. The van der Waals surface area contributed by atoms with Crippen molar-refractivity contribution in [3.05, 3.63) is 47.5 Å². The minimum Gasteiger partial charge on any atom is -0.380 e. The summed E-state index contributed by atoms with van der Waals surface area (Å²) in [5.41, 5.74) is 2.52. The molecule has 0 heterocycles. The highest BCUT2D eigenvalue weighted by Crippen LogP contribution is 2.26. The number of fused-ring (bicyclic) bond motifs is 1. The average molecular weight is 279 g/mol. The lowest BCUT2D eigenvalue weighted by molar-refractivity contribution is 0.185. The zero-order valence-corrected chi connectivity index (χ0v) is 11.1. The van der Waals surface area contributed by atoms with Crippen molar-refractivity contribution in [3.63, 3.8) is 0 Å². The van der Waals surface area contributed by atoms with Crippen LogP contribution in [-0.4, -0.2) is 7.11 Å². The van der Waals surface area contributed by atoms with Crippen molar-refractivity contribution in [1.82, 2.24) is 0 Å². The van der Waals surface area contributed by atoms with Gasteiger partial charge in [-0.05, 0) is 34.9 Å². The Morgan fingerprint density at radius 2 is 1.88 bits per heavy atom. The standard InChI is InChI=1S/C14H15BrO/c1-10(15)13-6-5-12-4-3-11(9-16-2)7-14(12)8-13/h3-8,10H,9H2,1-2H3. The molecule has 16 heavy (non-hydrogen) atoms. The third kappa shape index (κ3) is 2.45. The Morgan fingerprint density at radius 3 is 2.56 bits per heavy atom. The average Bonchev–Trinajstić information content (AvgIpc) is 2.28. The van der Waals surface area contributed by atoms with Crippen LogP contribution in [0.15, 0.2) is 36.4 Å². The van der Waals surface area contributed by atoms with Crippen molar-refractivity contribution < 1.29 is 4.74 Å². The van der Waals surface area contributed by atoms with Crippen LogP contribution in [-0.2, 0) is 11.3 Å². The molecule has 1 unspecified atom stereocenters. The van der Waals surface area contributed by atoms with Gasteiger partial charge in [-0.25, -0.2) is 0 Å². The van der Waals surface area contributed by atoms with E-state index in [2.05, 4.69) is 59.3 Å². The highest BCUT2D eigenvalue weighted by molar-refractivity contribution is 9.09. The smallest absolute Gasteiger partial charge is 0.0713 e. The molecule has 84 valence electrons. The van der Waals surface area contributed by atoms with Crippen molar-refractivity contribution in [2.24, 2.45) is 0 Å². The second kappa shape index (κ2) is 4.98. The first-order chi connectivity index (χ1) is 7.70. The van der Waals surface area contributed by atoms with Gasteiger partial charge in [-0.2, -0.15) is 0 Å². The van der Waals surface area contributed by atoms with Crippen molar-refractivity contribution in [1.29, 1.82) is 0 Å². The maximum absolute atomic E-state index is 5.15. The Morgan fingerprint density at radius 1 is 1.12 bits per heavy atom. The van der Waals surface area contributed by atoms with E-state index < -0.39 is 0 Å². The summed E-state index contributed by atoms with van der Waals surface area (Å²) in [6, 6.07) is 13.0. The normalized spacial score (nSPS) is 12.9. The van der Waals surface area contributed by atoms with Crippen LogP contribution >= 0.6 is 15.9 Å². The third-order valence-corrected chi connectivity index (χ3v) is 3.23. The predicted molar refractivity (Wildman–Crippen MR) is 72.0 cm³/mol. The molecule has 2 heteroatoms. The Balaban J connectivity index is 2.48. The van der Waals surface area contributed by atoms with Gasteiger partial charge in [0.1, 0.15) is 0 Å². The fraction of sp³-hybridized carbons (Fsp3) is 0.286. The Kier molecular flexibility index (Phi) is 3.62. The molecule has 0 aliphatic heterocycles. The number of hydrogen-bond donors (Lipinski definition) is 0. The van der Waals surface area contributed by atoms with Gasteiger partial charge in [0.25, 0.3) is 0 Å². The van der Waals surface area contributed by atoms with Crippen molar-refractivity contribution in [2.75, 3.05) is 7.11 Å². The predicted octanol–water partition coefficient (Wildman–Crippen LogP) is 4.44. The molecule has 0 aliphatic carbocycles. The Labute approximate surface area is 105 Å². The maximum Gasteiger partial charge on any atom is 0.0713 e. The van der Waals surface area contributed by atoms with Crippen LogP contribution in [0.3, 0.4) is 0 Å². The molecule has 0 fully saturated rings. The topological polar surface area (TPSA) is 9.23 Å². The maximum atomic E-state index is 5.15. The van der Waals surface area contributed by atoms with Gasteiger partial charge in [0.2, 0.25) is 0 Å². The summed E-state index contributed by atoms with van der Waals surface area (Å²) >= 11 is 3.59. The fourth-order valence-electron chi connectivity index (χ4n) is 1.82. The van der Waals surface area contributed by atoms with E-state index >= 15 is 0 Å². The van der Waals surface area contributed by atoms with Gasteiger partial charge in [0.05, 0.1) is 6.61 Å². The molecule has 0 saturated heterocycles. The summed E-state index contributed by atoms with van der Waals surface area (Å²) in [5.74, 6) is 0. The fourth-order valence-corrected chi connectivity index (χ4v) is 2.10. The van der Waals surface area contributed by atoms with Gasteiger partial charge in [-0.15, -0.1) is 0 Å². The second-order valence-corrected chi connectivity index (χ2v) is 5.36. The van der Waals surface area contributed by atoms with Gasteiger partial charge < -0.3 is 4.74 Å². The van der Waals surface area contributed by atoms with Crippen LogP contribution < -0.4 is 0 Å². The molecule has 0 N–H and O–H groups in total. The summed E-state index contributed by atoms with van der Waals surface area (Å²) < 4.78 is 5.15. The molecule has 2 rings (SSSR count). The molecular formula is C14H15BrO. The third-order valence-electron chi connectivity index (χ3n) is 2.70. The summed E-state index contributed by atoms with van der Waals surface area (Å²) in [5, 5.41) is 2.55. The van der Waals surface area contributed by atoms with E-state index in [9.17, 15) is 0 Å². The minimum absolute atomic E-state index is 0.392. The first-order valence-corrected chi connectivity index (χ1v) is 6.28. The molecule has 0 aliphatic rings. The van der Waals surface area contributed by atoms with E-state index in [-0.39, 0.29) is 0 Å². The monoisotopic (exact) mass is 278 g/mol. The van der Waals surface area contributed by atoms with E-state index in [1.807, 2.05) is 0 Å². The number of methoxy groups -OCH3 is 1. The number of ether oxygens (including phenoxy) is 1. The quantitative estimate of drug-likeness (QED) is 0.755. The van der Waals surface area contributed by atoms with Crippen LogP contribution in [0.4, 0.5) is 0 Å². The number of hydrogen-bond acceptors (Lipinski definition) is 1. The summed E-state index contributed by atoms with van der Waals surface area (Å²) in [4.78, 5) is 0.392. The highest BCUT2D eigenvalue weighted by Gasteiger charge is 2.02. The van der Waals surface area contributed by atoms with E-state index in [4.69, 9.17) is 4.74 Å². The molecule has 2 aromatic carbocycles. The van der Waals surface area contributed by atoms with Gasteiger partial charge in [0.15, 0.2) is 0 Å². The molecule has 0 aromatic heterocycles. The Bertz CT molecular complexity index is 491. The van der Waals surface area contributed by atoms with E-state index in [1.165, 1.54) is 21.9 Å². The van der Waals surface area contributed by atoms with Gasteiger partial charge in [0, 0.05) is 11.9 Å². The number of alkyl halides is 1. The number of rotatable bonds is 3. The SMILES string of the molecule is COCc1ccc2ccc(C(C)Br)cc2c1. The molecule has 1 nitrogen and oxygen atoms in total. The molecule has 0 saturated carbocycles. The first kappa shape index (κ1) is 11.6. The zero-order valence-electron chi connectivity index (χ0n) is 9.53. The lowest BCUT2D eigenvalue weighted by Crippen LogP contribution is -1.88. The molecule has 2 aromatic rings. The molecule has 0 radical (unpaired) electrons. The number of benzene rings is 2. The van der Waals surface area contributed by atoms with Gasteiger partial charge in [-0.3, -0.25) is 0 Å². The van der Waals surface area contributed by atoms with Crippen LogP contribution in [0.2, 0.25) is 0 Å². The Hall–Kier alpha value is -0.860. The lowest BCUT2D eigenvalue weighted by atomic mass is 10.0.